The molecule has 0 bridgehead atoms. The normalized spacial score (nSPS) is 17.7. The summed E-state index contributed by atoms with van der Waals surface area (Å²) in [5.74, 6) is -1.46. The first kappa shape index (κ1) is 18.2. The molecule has 2 aromatic rings. The fourth-order valence-electron chi connectivity index (χ4n) is 3.70. The van der Waals surface area contributed by atoms with Crippen LogP contribution >= 0.6 is 0 Å². The zero-order valence-corrected chi connectivity index (χ0v) is 15.3. The van der Waals surface area contributed by atoms with E-state index in [0.29, 0.717) is 13.0 Å². The van der Waals surface area contributed by atoms with Crippen LogP contribution < -0.4 is 0 Å². The van der Waals surface area contributed by atoms with E-state index >= 15 is 0 Å². The van der Waals surface area contributed by atoms with E-state index in [0.717, 1.165) is 16.7 Å². The summed E-state index contributed by atoms with van der Waals surface area (Å²) in [5.41, 5.74) is 2.89. The van der Waals surface area contributed by atoms with Crippen LogP contribution in [0.3, 0.4) is 0 Å². The summed E-state index contributed by atoms with van der Waals surface area (Å²) in [7, 11) is 0. The third kappa shape index (κ3) is 3.79. The van der Waals surface area contributed by atoms with Gasteiger partial charge in [0, 0.05) is 19.0 Å². The van der Waals surface area contributed by atoms with Crippen molar-refractivity contribution in [3.05, 3.63) is 71.3 Å². The molecule has 1 amide bonds. The highest BCUT2D eigenvalue weighted by atomic mass is 16.4. The van der Waals surface area contributed by atoms with Crippen molar-refractivity contribution < 1.29 is 14.7 Å². The second-order valence-electron chi connectivity index (χ2n) is 7.35. The first-order valence-corrected chi connectivity index (χ1v) is 9.10. The van der Waals surface area contributed by atoms with Crippen LogP contribution in [0.15, 0.2) is 54.6 Å². The van der Waals surface area contributed by atoms with E-state index in [1.165, 1.54) is 0 Å². The lowest BCUT2D eigenvalue weighted by Crippen LogP contribution is -2.44. The molecule has 3 rings (SSSR count). The van der Waals surface area contributed by atoms with E-state index in [-0.39, 0.29) is 24.3 Å². The Hall–Kier alpha value is -2.62. The molecule has 0 spiro atoms. The average Bonchev–Trinajstić information content (AvgIpc) is 2.65. The molecule has 2 unspecified atom stereocenters. The zero-order valence-electron chi connectivity index (χ0n) is 15.3. The van der Waals surface area contributed by atoms with Crippen LogP contribution in [0, 0.1) is 11.8 Å². The fraction of sp³-hybridized carbons (Fsp3) is 0.364. The molecule has 0 saturated carbocycles. The highest BCUT2D eigenvalue weighted by molar-refractivity contribution is 5.83. The van der Waals surface area contributed by atoms with Gasteiger partial charge in [-0.1, -0.05) is 68.4 Å². The van der Waals surface area contributed by atoms with E-state index < -0.39 is 11.9 Å². The van der Waals surface area contributed by atoms with E-state index in [2.05, 4.69) is 13.8 Å². The van der Waals surface area contributed by atoms with Gasteiger partial charge in [-0.25, -0.2) is 0 Å². The van der Waals surface area contributed by atoms with Gasteiger partial charge in [-0.15, -0.1) is 0 Å². The molecule has 1 N–H and O–H groups in total. The zero-order chi connectivity index (χ0) is 18.7. The summed E-state index contributed by atoms with van der Waals surface area (Å²) in [6.07, 6.45) is 0.674. The number of rotatable bonds is 5. The largest absolute Gasteiger partial charge is 0.481 e. The van der Waals surface area contributed by atoms with Gasteiger partial charge in [0.1, 0.15) is 0 Å². The molecule has 2 aromatic carbocycles. The van der Waals surface area contributed by atoms with Gasteiger partial charge in [-0.05, 0) is 29.0 Å². The predicted molar refractivity (Wildman–Crippen MR) is 101 cm³/mol. The van der Waals surface area contributed by atoms with Crippen molar-refractivity contribution in [1.29, 1.82) is 0 Å². The average molecular weight is 351 g/mol. The highest BCUT2D eigenvalue weighted by Gasteiger charge is 2.35. The summed E-state index contributed by atoms with van der Waals surface area (Å²) in [4.78, 5) is 26.7. The molecule has 0 saturated heterocycles. The standard InChI is InChI=1S/C22H25NO3/c1-15(2)19(12-16-8-4-3-5-9-16)21(24)23-13-17-10-6-7-11-18(17)20(14-23)22(25)26/h3-11,15,19-20H,12-14H2,1-2H3,(H,25,26). The minimum atomic E-state index is -0.876. The molecule has 0 aromatic heterocycles. The maximum absolute atomic E-state index is 13.3. The molecule has 1 aliphatic rings. The van der Waals surface area contributed by atoms with Gasteiger partial charge < -0.3 is 10.0 Å². The first-order chi connectivity index (χ1) is 12.5. The lowest BCUT2D eigenvalue weighted by Gasteiger charge is -2.36. The molecule has 0 aliphatic carbocycles. The Labute approximate surface area is 154 Å². The molecular weight excluding hydrogens is 326 g/mol. The number of benzene rings is 2. The van der Waals surface area contributed by atoms with Crippen LogP contribution in [0.4, 0.5) is 0 Å². The molecule has 2 atom stereocenters. The van der Waals surface area contributed by atoms with Crippen LogP contribution in [0.1, 0.15) is 36.5 Å². The van der Waals surface area contributed by atoms with E-state index in [1.54, 1.807) is 4.90 Å². The third-order valence-electron chi connectivity index (χ3n) is 5.22. The molecule has 1 aliphatic heterocycles. The van der Waals surface area contributed by atoms with Gasteiger partial charge in [-0.3, -0.25) is 9.59 Å². The molecular formula is C22H25NO3. The smallest absolute Gasteiger partial charge is 0.312 e. The van der Waals surface area contributed by atoms with E-state index in [9.17, 15) is 14.7 Å². The maximum Gasteiger partial charge on any atom is 0.312 e. The minimum absolute atomic E-state index is 0.0459. The van der Waals surface area contributed by atoms with Gasteiger partial charge >= 0.3 is 5.97 Å². The van der Waals surface area contributed by atoms with Crippen molar-refractivity contribution in [2.75, 3.05) is 6.54 Å². The lowest BCUT2D eigenvalue weighted by molar-refractivity contribution is -0.143. The molecule has 0 fully saturated rings. The summed E-state index contributed by atoms with van der Waals surface area (Å²) >= 11 is 0. The molecule has 136 valence electrons. The fourth-order valence-corrected chi connectivity index (χ4v) is 3.70. The number of amides is 1. The van der Waals surface area contributed by atoms with Gasteiger partial charge in [0.15, 0.2) is 0 Å². The van der Waals surface area contributed by atoms with Gasteiger partial charge in [0.25, 0.3) is 0 Å². The number of carboxylic acids is 1. The second kappa shape index (κ2) is 7.73. The Morgan fingerprint density at radius 2 is 1.73 bits per heavy atom. The van der Waals surface area contributed by atoms with Gasteiger partial charge in [-0.2, -0.15) is 0 Å². The quantitative estimate of drug-likeness (QED) is 0.893. The Balaban J connectivity index is 1.84. The molecule has 4 heteroatoms. The monoisotopic (exact) mass is 351 g/mol. The van der Waals surface area contributed by atoms with Gasteiger partial charge in [0.05, 0.1) is 5.92 Å². The van der Waals surface area contributed by atoms with Gasteiger partial charge in [0.2, 0.25) is 5.91 Å². The number of hydrogen-bond acceptors (Lipinski definition) is 2. The summed E-state index contributed by atoms with van der Waals surface area (Å²) in [5, 5.41) is 9.63. The van der Waals surface area contributed by atoms with Crippen LogP contribution in [-0.4, -0.2) is 28.4 Å². The van der Waals surface area contributed by atoms with Crippen molar-refractivity contribution in [2.45, 2.75) is 32.7 Å². The van der Waals surface area contributed by atoms with Crippen molar-refractivity contribution in [1.82, 2.24) is 4.90 Å². The first-order valence-electron chi connectivity index (χ1n) is 9.10. The molecule has 0 radical (unpaired) electrons. The van der Waals surface area contributed by atoms with Crippen LogP contribution in [-0.2, 0) is 22.6 Å². The topological polar surface area (TPSA) is 57.6 Å². The van der Waals surface area contributed by atoms with Crippen molar-refractivity contribution in [3.63, 3.8) is 0 Å². The Morgan fingerprint density at radius 1 is 1.08 bits per heavy atom. The number of nitrogens with zero attached hydrogens (tertiary/aromatic N) is 1. The van der Waals surface area contributed by atoms with E-state index in [1.807, 2.05) is 54.6 Å². The van der Waals surface area contributed by atoms with Crippen molar-refractivity contribution >= 4 is 11.9 Å². The summed E-state index contributed by atoms with van der Waals surface area (Å²) in [6, 6.07) is 17.5. The summed E-state index contributed by atoms with van der Waals surface area (Å²) in [6.45, 7) is 4.83. The maximum atomic E-state index is 13.3. The number of carboxylic acid groups (broad SMARTS) is 1. The lowest BCUT2D eigenvalue weighted by atomic mass is 9.85. The highest BCUT2D eigenvalue weighted by Crippen LogP contribution is 2.31. The van der Waals surface area contributed by atoms with Crippen LogP contribution in [0.25, 0.3) is 0 Å². The van der Waals surface area contributed by atoms with Crippen LogP contribution in [0.2, 0.25) is 0 Å². The Kier molecular flexibility index (Phi) is 5.40. The SMILES string of the molecule is CC(C)C(Cc1ccccc1)C(=O)N1Cc2ccccc2C(C(=O)O)C1. The number of carbonyl (C=O) groups is 2. The Bertz CT molecular complexity index is 785. The molecule has 4 nitrogen and oxygen atoms in total. The van der Waals surface area contributed by atoms with Crippen molar-refractivity contribution in [3.8, 4) is 0 Å². The second-order valence-corrected chi connectivity index (χ2v) is 7.35. The van der Waals surface area contributed by atoms with E-state index in [4.69, 9.17) is 0 Å². The molecule has 1 heterocycles. The van der Waals surface area contributed by atoms with Crippen LogP contribution in [0.5, 0.6) is 0 Å². The number of hydrogen-bond donors (Lipinski definition) is 1. The Morgan fingerprint density at radius 3 is 2.38 bits per heavy atom. The summed E-state index contributed by atoms with van der Waals surface area (Å²) < 4.78 is 0. The number of fused-ring (bicyclic) bond motifs is 1. The number of carbonyl (C=O) groups excluding carboxylic acids is 1. The minimum Gasteiger partial charge on any atom is -0.481 e. The number of aliphatic carboxylic acids is 1. The molecule has 26 heavy (non-hydrogen) atoms. The van der Waals surface area contributed by atoms with Crippen molar-refractivity contribution in [2.24, 2.45) is 11.8 Å². The predicted octanol–water partition coefficient (Wildman–Crippen LogP) is 3.71. The third-order valence-corrected chi connectivity index (χ3v) is 5.22.